The normalized spacial score (nSPS) is 17.1. The monoisotopic (exact) mass is 286 g/mol. The first-order valence-corrected chi connectivity index (χ1v) is 7.90. The molecule has 1 fully saturated rings. The predicted octanol–water partition coefficient (Wildman–Crippen LogP) is 2.66. The van der Waals surface area contributed by atoms with Gasteiger partial charge >= 0.3 is 0 Å². The maximum Gasteiger partial charge on any atom is 0.148 e. The summed E-state index contributed by atoms with van der Waals surface area (Å²) >= 11 is 0. The summed E-state index contributed by atoms with van der Waals surface area (Å²) in [4.78, 5) is 2.58. The molecule has 1 unspecified atom stereocenters. The maximum atomic E-state index is 5.57. The van der Waals surface area contributed by atoms with Crippen LogP contribution in [0.15, 0.2) is 24.3 Å². The lowest BCUT2D eigenvalue weighted by molar-refractivity contribution is 0.170. The van der Waals surface area contributed by atoms with E-state index < -0.39 is 0 Å². The largest absolute Gasteiger partial charge is 0.481 e. The first-order valence-electron chi connectivity index (χ1n) is 7.90. The minimum atomic E-state index is 0.321. The van der Waals surface area contributed by atoms with Crippen molar-refractivity contribution in [2.75, 3.05) is 26.2 Å². The molecule has 0 spiro atoms. The van der Waals surface area contributed by atoms with Gasteiger partial charge in [0.1, 0.15) is 12.4 Å². The highest BCUT2D eigenvalue weighted by Gasteiger charge is 2.16. The molecule has 0 aliphatic carbocycles. The number of terminal acetylenes is 1. The lowest BCUT2D eigenvalue weighted by Crippen LogP contribution is -2.42. The standard InChI is InChI=1S/C18H26N2O/c1-3-13-21-18-10-6-5-9-17(18)15-19-14-16(2)20-11-7-4-8-12-20/h1,5-6,9-10,16,19H,4,7-8,11-15H2,2H3. The van der Waals surface area contributed by atoms with E-state index in [2.05, 4.69) is 29.1 Å². The number of hydrogen-bond acceptors (Lipinski definition) is 3. The average Bonchev–Trinajstić information content (AvgIpc) is 2.54. The summed E-state index contributed by atoms with van der Waals surface area (Å²) in [5.74, 6) is 3.39. The number of nitrogens with one attached hydrogen (secondary N) is 1. The van der Waals surface area contributed by atoms with Gasteiger partial charge in [-0.15, -0.1) is 6.42 Å². The molecular formula is C18H26N2O. The van der Waals surface area contributed by atoms with Gasteiger partial charge in [0, 0.05) is 24.7 Å². The fourth-order valence-electron chi connectivity index (χ4n) is 2.81. The van der Waals surface area contributed by atoms with Crippen LogP contribution in [0, 0.1) is 12.3 Å². The molecule has 0 saturated carbocycles. The van der Waals surface area contributed by atoms with Gasteiger partial charge in [0.2, 0.25) is 0 Å². The number of nitrogens with zero attached hydrogens (tertiary/aromatic N) is 1. The van der Waals surface area contributed by atoms with E-state index in [0.29, 0.717) is 12.6 Å². The second-order valence-electron chi connectivity index (χ2n) is 5.68. The fraction of sp³-hybridized carbons (Fsp3) is 0.556. The molecule has 3 heteroatoms. The van der Waals surface area contributed by atoms with E-state index in [1.54, 1.807) is 0 Å². The third kappa shape index (κ3) is 5.08. The van der Waals surface area contributed by atoms with Gasteiger partial charge in [0.15, 0.2) is 0 Å². The SMILES string of the molecule is C#CCOc1ccccc1CNCC(C)N1CCCCC1. The third-order valence-corrected chi connectivity index (χ3v) is 4.05. The van der Waals surface area contributed by atoms with Crippen molar-refractivity contribution in [2.24, 2.45) is 0 Å². The third-order valence-electron chi connectivity index (χ3n) is 4.05. The Balaban J connectivity index is 1.78. The number of benzene rings is 1. The molecule has 3 nitrogen and oxygen atoms in total. The number of rotatable bonds is 7. The molecule has 0 radical (unpaired) electrons. The molecule has 114 valence electrons. The Bertz CT molecular complexity index is 461. The van der Waals surface area contributed by atoms with Crippen molar-refractivity contribution < 1.29 is 4.74 Å². The van der Waals surface area contributed by atoms with Gasteiger partial charge in [-0.2, -0.15) is 0 Å². The Morgan fingerprint density at radius 2 is 2.05 bits per heavy atom. The van der Waals surface area contributed by atoms with Crippen molar-refractivity contribution in [2.45, 2.75) is 38.8 Å². The van der Waals surface area contributed by atoms with Gasteiger partial charge in [-0.3, -0.25) is 4.90 Å². The van der Waals surface area contributed by atoms with Crippen molar-refractivity contribution in [3.8, 4) is 18.1 Å². The zero-order valence-electron chi connectivity index (χ0n) is 13.0. The van der Waals surface area contributed by atoms with Crippen molar-refractivity contribution in [1.82, 2.24) is 10.2 Å². The van der Waals surface area contributed by atoms with Crippen LogP contribution in [0.4, 0.5) is 0 Å². The van der Waals surface area contributed by atoms with E-state index in [1.165, 1.54) is 37.9 Å². The molecular weight excluding hydrogens is 260 g/mol. The Labute approximate surface area is 128 Å². The van der Waals surface area contributed by atoms with Crippen LogP contribution in [-0.4, -0.2) is 37.2 Å². The number of ether oxygens (including phenoxy) is 1. The maximum absolute atomic E-state index is 5.57. The van der Waals surface area contributed by atoms with E-state index in [4.69, 9.17) is 11.2 Å². The molecule has 1 atom stereocenters. The number of hydrogen-bond donors (Lipinski definition) is 1. The van der Waals surface area contributed by atoms with Crippen molar-refractivity contribution >= 4 is 0 Å². The molecule has 0 bridgehead atoms. The van der Waals surface area contributed by atoms with E-state index >= 15 is 0 Å². The van der Waals surface area contributed by atoms with Crippen LogP contribution >= 0.6 is 0 Å². The zero-order valence-corrected chi connectivity index (χ0v) is 13.0. The average molecular weight is 286 g/mol. The lowest BCUT2D eigenvalue weighted by atomic mass is 10.1. The van der Waals surface area contributed by atoms with E-state index in [0.717, 1.165) is 18.8 Å². The molecule has 0 amide bonds. The smallest absolute Gasteiger partial charge is 0.148 e. The number of likely N-dealkylation sites (tertiary alicyclic amines) is 1. The van der Waals surface area contributed by atoms with Crippen LogP contribution < -0.4 is 10.1 Å². The van der Waals surface area contributed by atoms with Gasteiger partial charge < -0.3 is 10.1 Å². The molecule has 1 N–H and O–H groups in total. The molecule has 1 aliphatic rings. The van der Waals surface area contributed by atoms with E-state index in [9.17, 15) is 0 Å². The summed E-state index contributed by atoms with van der Waals surface area (Å²) in [5.41, 5.74) is 1.17. The quantitative estimate of drug-likeness (QED) is 0.780. The Morgan fingerprint density at radius 1 is 1.29 bits per heavy atom. The molecule has 1 aromatic carbocycles. The Hall–Kier alpha value is -1.50. The highest BCUT2D eigenvalue weighted by atomic mass is 16.5. The second-order valence-corrected chi connectivity index (χ2v) is 5.68. The van der Waals surface area contributed by atoms with E-state index in [1.807, 2.05) is 18.2 Å². The summed E-state index contributed by atoms with van der Waals surface area (Å²) in [6.45, 7) is 6.93. The van der Waals surface area contributed by atoms with Gasteiger partial charge in [-0.25, -0.2) is 0 Å². The molecule has 1 aromatic rings. The van der Waals surface area contributed by atoms with Crippen LogP contribution in [0.2, 0.25) is 0 Å². The lowest BCUT2D eigenvalue weighted by Gasteiger charge is -2.32. The van der Waals surface area contributed by atoms with Crippen molar-refractivity contribution in [1.29, 1.82) is 0 Å². The topological polar surface area (TPSA) is 24.5 Å². The van der Waals surface area contributed by atoms with Crippen LogP contribution in [0.25, 0.3) is 0 Å². The van der Waals surface area contributed by atoms with Crippen LogP contribution in [-0.2, 0) is 6.54 Å². The first kappa shape index (κ1) is 15.9. The number of para-hydroxylation sites is 1. The first-order chi connectivity index (χ1) is 10.3. The minimum Gasteiger partial charge on any atom is -0.481 e. The molecule has 1 saturated heterocycles. The molecule has 1 heterocycles. The summed E-state index contributed by atoms with van der Waals surface area (Å²) < 4.78 is 5.57. The van der Waals surface area contributed by atoms with Gasteiger partial charge in [0.25, 0.3) is 0 Å². The van der Waals surface area contributed by atoms with Crippen molar-refractivity contribution in [3.05, 3.63) is 29.8 Å². The van der Waals surface area contributed by atoms with Gasteiger partial charge in [-0.05, 0) is 38.9 Å². The van der Waals surface area contributed by atoms with Crippen LogP contribution in [0.3, 0.4) is 0 Å². The number of piperidine rings is 1. The zero-order chi connectivity index (χ0) is 14.9. The molecule has 1 aliphatic heterocycles. The van der Waals surface area contributed by atoms with Crippen LogP contribution in [0.5, 0.6) is 5.75 Å². The van der Waals surface area contributed by atoms with Crippen LogP contribution in [0.1, 0.15) is 31.7 Å². The van der Waals surface area contributed by atoms with Gasteiger partial charge in [-0.1, -0.05) is 30.5 Å². The minimum absolute atomic E-state index is 0.321. The van der Waals surface area contributed by atoms with Gasteiger partial charge in [0.05, 0.1) is 0 Å². The molecule has 21 heavy (non-hydrogen) atoms. The highest BCUT2D eigenvalue weighted by Crippen LogP contribution is 2.17. The highest BCUT2D eigenvalue weighted by molar-refractivity contribution is 5.33. The molecule has 0 aromatic heterocycles. The molecule has 2 rings (SSSR count). The Morgan fingerprint density at radius 3 is 2.81 bits per heavy atom. The predicted molar refractivity (Wildman–Crippen MR) is 87.4 cm³/mol. The summed E-state index contributed by atoms with van der Waals surface area (Å²) in [6, 6.07) is 8.66. The second kappa shape index (κ2) is 8.71. The summed E-state index contributed by atoms with van der Waals surface area (Å²) in [7, 11) is 0. The van der Waals surface area contributed by atoms with Crippen molar-refractivity contribution in [3.63, 3.8) is 0 Å². The van der Waals surface area contributed by atoms with E-state index in [-0.39, 0.29) is 0 Å². The fourth-order valence-corrected chi connectivity index (χ4v) is 2.81. The Kier molecular flexibility index (Phi) is 6.59. The summed E-state index contributed by atoms with van der Waals surface area (Å²) in [6.07, 6.45) is 9.32. The summed E-state index contributed by atoms with van der Waals surface area (Å²) in [5, 5.41) is 3.54.